The van der Waals surface area contributed by atoms with Crippen molar-refractivity contribution in [3.8, 4) is 0 Å². The van der Waals surface area contributed by atoms with Crippen molar-refractivity contribution in [2.75, 3.05) is 0 Å². The molecule has 0 spiro atoms. The molecule has 0 amide bonds. The third-order valence-electron chi connectivity index (χ3n) is 4.13. The minimum absolute atomic E-state index is 0.151. The molecule has 2 aromatic heterocycles. The quantitative estimate of drug-likeness (QED) is 0.384. The number of nitro groups is 1. The number of pyridine rings is 2. The van der Waals surface area contributed by atoms with Gasteiger partial charge in [0.2, 0.25) is 0 Å². The highest BCUT2D eigenvalue weighted by molar-refractivity contribution is 5.67. The van der Waals surface area contributed by atoms with E-state index in [1.165, 1.54) is 42.6 Å². The normalized spacial score (nSPS) is 13.0. The van der Waals surface area contributed by atoms with Gasteiger partial charge in [-0.25, -0.2) is 4.39 Å². The van der Waals surface area contributed by atoms with E-state index in [2.05, 4.69) is 9.97 Å². The van der Waals surface area contributed by atoms with Gasteiger partial charge in [-0.2, -0.15) is 0 Å². The molecule has 2 unspecified atom stereocenters. The van der Waals surface area contributed by atoms with Gasteiger partial charge in [-0.1, -0.05) is 12.1 Å². The molecule has 0 N–H and O–H groups in total. The van der Waals surface area contributed by atoms with Crippen LogP contribution >= 0.6 is 0 Å². The van der Waals surface area contributed by atoms with Crippen LogP contribution in [-0.4, -0.2) is 21.2 Å². The van der Waals surface area contributed by atoms with E-state index in [1.807, 2.05) is 0 Å². The highest BCUT2D eigenvalue weighted by Crippen LogP contribution is 2.39. The zero-order valence-electron chi connectivity index (χ0n) is 13.5. The van der Waals surface area contributed by atoms with Crippen LogP contribution in [0.5, 0.6) is 0 Å². The number of aromatic nitrogens is 2. The number of nitrogens with zero attached hydrogens (tertiary/aromatic N) is 3. The standard InChI is InChI=1S/C19H14FN3O3/c20-15-5-3-14(4-6-15)18(16(12-24)13-7-10-21-11-8-13)19-17(23(25)26)2-1-9-22-19/h1-12,16,18H. The summed E-state index contributed by atoms with van der Waals surface area (Å²) in [5.41, 5.74) is 1.16. The first-order valence-corrected chi connectivity index (χ1v) is 7.82. The molecule has 0 saturated carbocycles. The maximum Gasteiger partial charge on any atom is 0.291 e. The largest absolute Gasteiger partial charge is 0.303 e. The lowest BCUT2D eigenvalue weighted by molar-refractivity contribution is -0.386. The molecule has 7 heteroatoms. The van der Waals surface area contributed by atoms with Crippen molar-refractivity contribution in [3.05, 3.63) is 99.9 Å². The first-order chi connectivity index (χ1) is 12.6. The van der Waals surface area contributed by atoms with Crippen LogP contribution in [0.2, 0.25) is 0 Å². The van der Waals surface area contributed by atoms with E-state index in [0.717, 1.165) is 6.29 Å². The number of benzene rings is 1. The summed E-state index contributed by atoms with van der Waals surface area (Å²) in [6.45, 7) is 0. The van der Waals surface area contributed by atoms with Gasteiger partial charge in [0.05, 0.1) is 10.8 Å². The number of carbonyl (C=O) groups excluding carboxylic acids is 1. The second-order valence-electron chi connectivity index (χ2n) is 5.64. The second-order valence-corrected chi connectivity index (χ2v) is 5.64. The van der Waals surface area contributed by atoms with Crippen LogP contribution in [-0.2, 0) is 4.79 Å². The Kier molecular flexibility index (Phi) is 5.07. The van der Waals surface area contributed by atoms with Crippen LogP contribution < -0.4 is 0 Å². The van der Waals surface area contributed by atoms with Crippen LogP contribution in [0.4, 0.5) is 10.1 Å². The summed E-state index contributed by atoms with van der Waals surface area (Å²) < 4.78 is 13.4. The molecule has 6 nitrogen and oxygen atoms in total. The van der Waals surface area contributed by atoms with Crippen LogP contribution in [0.1, 0.15) is 28.7 Å². The summed E-state index contributed by atoms with van der Waals surface area (Å²) in [5, 5.41) is 11.5. The van der Waals surface area contributed by atoms with E-state index in [1.54, 1.807) is 24.5 Å². The summed E-state index contributed by atoms with van der Waals surface area (Å²) in [6.07, 6.45) is 5.25. The molecule has 2 atom stereocenters. The minimum Gasteiger partial charge on any atom is -0.303 e. The van der Waals surface area contributed by atoms with Crippen molar-refractivity contribution >= 4 is 12.0 Å². The second kappa shape index (κ2) is 7.60. The summed E-state index contributed by atoms with van der Waals surface area (Å²) in [6, 6.07) is 11.7. The van der Waals surface area contributed by atoms with Crippen molar-refractivity contribution in [2.24, 2.45) is 0 Å². The van der Waals surface area contributed by atoms with Crippen LogP contribution in [0.3, 0.4) is 0 Å². The van der Waals surface area contributed by atoms with E-state index in [9.17, 15) is 19.3 Å². The molecule has 0 fully saturated rings. The monoisotopic (exact) mass is 351 g/mol. The molecule has 1 aromatic carbocycles. The van der Waals surface area contributed by atoms with Gasteiger partial charge in [-0.15, -0.1) is 0 Å². The van der Waals surface area contributed by atoms with Gasteiger partial charge < -0.3 is 4.79 Å². The van der Waals surface area contributed by atoms with Crippen LogP contribution in [0.25, 0.3) is 0 Å². The average Bonchev–Trinajstić information content (AvgIpc) is 2.67. The fourth-order valence-corrected chi connectivity index (χ4v) is 2.94. The summed E-state index contributed by atoms with van der Waals surface area (Å²) in [7, 11) is 0. The Hall–Kier alpha value is -3.48. The molecule has 3 aromatic rings. The molecule has 0 bridgehead atoms. The van der Waals surface area contributed by atoms with E-state index in [4.69, 9.17) is 0 Å². The lowest BCUT2D eigenvalue weighted by Gasteiger charge is -2.23. The molecular formula is C19H14FN3O3. The Morgan fingerprint density at radius 3 is 2.31 bits per heavy atom. The maximum atomic E-state index is 13.4. The predicted octanol–water partition coefficient (Wildman–Crippen LogP) is 3.64. The van der Waals surface area contributed by atoms with Crippen LogP contribution in [0.15, 0.2) is 67.1 Å². The molecular weight excluding hydrogens is 337 g/mol. The number of hydrogen-bond donors (Lipinski definition) is 0. The van der Waals surface area contributed by atoms with Crippen molar-refractivity contribution in [3.63, 3.8) is 0 Å². The lowest BCUT2D eigenvalue weighted by atomic mass is 9.79. The summed E-state index contributed by atoms with van der Waals surface area (Å²) in [5.74, 6) is -1.91. The summed E-state index contributed by atoms with van der Waals surface area (Å²) in [4.78, 5) is 31.0. The van der Waals surface area contributed by atoms with Gasteiger partial charge in [0.25, 0.3) is 5.69 Å². The zero-order chi connectivity index (χ0) is 18.5. The van der Waals surface area contributed by atoms with Gasteiger partial charge in [0.1, 0.15) is 17.8 Å². The van der Waals surface area contributed by atoms with Crippen molar-refractivity contribution in [1.29, 1.82) is 0 Å². The summed E-state index contributed by atoms with van der Waals surface area (Å²) >= 11 is 0. The van der Waals surface area contributed by atoms with E-state index >= 15 is 0 Å². The smallest absolute Gasteiger partial charge is 0.291 e. The molecule has 130 valence electrons. The minimum atomic E-state index is -0.739. The van der Waals surface area contributed by atoms with Gasteiger partial charge in [0, 0.05) is 30.6 Å². The number of hydrogen-bond acceptors (Lipinski definition) is 5. The fraction of sp³-hybridized carbons (Fsp3) is 0.105. The van der Waals surface area contributed by atoms with E-state index < -0.39 is 22.6 Å². The SMILES string of the molecule is O=CC(c1ccncc1)C(c1ccc(F)cc1)c1ncccc1[N+](=O)[O-]. The molecule has 0 radical (unpaired) electrons. The Labute approximate surface area is 148 Å². The Morgan fingerprint density at radius 1 is 1.00 bits per heavy atom. The Morgan fingerprint density at radius 2 is 1.69 bits per heavy atom. The first kappa shape index (κ1) is 17.3. The lowest BCUT2D eigenvalue weighted by Crippen LogP contribution is -2.17. The molecule has 0 aliphatic carbocycles. The third kappa shape index (κ3) is 3.46. The number of halogens is 1. The van der Waals surface area contributed by atoms with Crippen LogP contribution in [0, 0.1) is 15.9 Å². The maximum absolute atomic E-state index is 13.4. The van der Waals surface area contributed by atoms with Gasteiger partial charge in [-0.05, 0) is 41.5 Å². The molecule has 2 heterocycles. The molecule has 0 saturated heterocycles. The Balaban J connectivity index is 2.21. The molecule has 0 aliphatic heterocycles. The molecule has 3 rings (SSSR count). The van der Waals surface area contributed by atoms with E-state index in [0.29, 0.717) is 11.1 Å². The fourth-order valence-electron chi connectivity index (χ4n) is 2.94. The highest BCUT2D eigenvalue weighted by Gasteiger charge is 2.32. The highest BCUT2D eigenvalue weighted by atomic mass is 19.1. The zero-order valence-corrected chi connectivity index (χ0v) is 13.5. The topological polar surface area (TPSA) is 86.0 Å². The number of rotatable bonds is 6. The predicted molar refractivity (Wildman–Crippen MR) is 92.2 cm³/mol. The van der Waals surface area contributed by atoms with Gasteiger partial charge in [0.15, 0.2) is 0 Å². The van der Waals surface area contributed by atoms with Gasteiger partial charge in [-0.3, -0.25) is 20.1 Å². The number of aldehydes is 1. The molecule has 0 aliphatic rings. The third-order valence-corrected chi connectivity index (χ3v) is 4.13. The number of carbonyl (C=O) groups is 1. The average molecular weight is 351 g/mol. The first-order valence-electron chi connectivity index (χ1n) is 7.82. The van der Waals surface area contributed by atoms with Crippen molar-refractivity contribution in [2.45, 2.75) is 11.8 Å². The Bertz CT molecular complexity index is 917. The molecule has 26 heavy (non-hydrogen) atoms. The van der Waals surface area contributed by atoms with Crippen molar-refractivity contribution < 1.29 is 14.1 Å². The van der Waals surface area contributed by atoms with Gasteiger partial charge >= 0.3 is 0 Å². The van der Waals surface area contributed by atoms with E-state index in [-0.39, 0.29) is 11.4 Å². The van der Waals surface area contributed by atoms with Crippen molar-refractivity contribution in [1.82, 2.24) is 9.97 Å².